The first-order valence-electron chi connectivity index (χ1n) is 18.9. The van der Waals surface area contributed by atoms with E-state index in [0.29, 0.717) is 23.6 Å². The average Bonchev–Trinajstić information content (AvgIpc) is 3.99. The van der Waals surface area contributed by atoms with Gasteiger partial charge in [0, 0.05) is 11.1 Å². The van der Waals surface area contributed by atoms with E-state index in [1.807, 2.05) is 0 Å². The second kappa shape index (κ2) is 11.8. The summed E-state index contributed by atoms with van der Waals surface area (Å²) in [6, 6.07) is 47.2. The van der Waals surface area contributed by atoms with Gasteiger partial charge in [-0.3, -0.25) is 0 Å². The molecule has 2 heterocycles. The molecule has 0 atom stereocenters. The SMILES string of the molecule is CC(C)(C)c1ccc(-c2nnc(-c3ccc4c(c3-c3nnc(-c5ccc(C(C)(C)C)cc5)o3)C3(c5ccccc5-c5ccccc53)c3ccccc3-4)o2)cc1. The Kier molecular flexibility index (Phi) is 7.12. The minimum atomic E-state index is -0.668. The molecule has 8 aromatic rings. The Hall–Kier alpha value is -6.40. The normalized spacial score (nSPS) is 13.8. The van der Waals surface area contributed by atoms with Gasteiger partial charge in [-0.25, -0.2) is 0 Å². The van der Waals surface area contributed by atoms with Crippen molar-refractivity contribution < 1.29 is 8.83 Å². The zero-order valence-corrected chi connectivity index (χ0v) is 31.8. The van der Waals surface area contributed by atoms with Crippen LogP contribution in [0.25, 0.3) is 68.1 Å². The summed E-state index contributed by atoms with van der Waals surface area (Å²) in [5.74, 6) is 1.67. The Morgan fingerprint density at radius 2 is 0.764 bits per heavy atom. The van der Waals surface area contributed by atoms with Crippen LogP contribution in [-0.2, 0) is 16.2 Å². The Morgan fingerprint density at radius 1 is 0.382 bits per heavy atom. The molecule has 0 unspecified atom stereocenters. The topological polar surface area (TPSA) is 77.8 Å². The van der Waals surface area contributed by atoms with Crippen molar-refractivity contribution >= 4 is 0 Å². The van der Waals surface area contributed by atoms with Gasteiger partial charge in [-0.05, 0) is 96.8 Å². The summed E-state index contributed by atoms with van der Waals surface area (Å²) in [4.78, 5) is 0. The number of aromatic nitrogens is 4. The maximum atomic E-state index is 6.77. The molecule has 0 saturated carbocycles. The van der Waals surface area contributed by atoms with Gasteiger partial charge in [0.15, 0.2) is 0 Å². The third-order valence-electron chi connectivity index (χ3n) is 11.4. The molecule has 0 amide bonds. The molecule has 0 bridgehead atoms. The van der Waals surface area contributed by atoms with Crippen molar-refractivity contribution in [2.45, 2.75) is 57.8 Å². The molecule has 2 aliphatic rings. The van der Waals surface area contributed by atoms with Gasteiger partial charge in [-0.15, -0.1) is 20.4 Å². The number of hydrogen-bond acceptors (Lipinski definition) is 6. The lowest BCUT2D eigenvalue weighted by Crippen LogP contribution is -2.27. The van der Waals surface area contributed by atoms with Gasteiger partial charge in [0.05, 0.1) is 16.5 Å². The Labute approximate surface area is 321 Å². The Morgan fingerprint density at radius 3 is 1.24 bits per heavy atom. The van der Waals surface area contributed by atoms with Crippen LogP contribution in [0.2, 0.25) is 0 Å². The molecule has 55 heavy (non-hydrogen) atoms. The zero-order valence-electron chi connectivity index (χ0n) is 31.8. The monoisotopic (exact) mass is 716 g/mol. The van der Waals surface area contributed by atoms with Crippen molar-refractivity contribution in [3.63, 3.8) is 0 Å². The van der Waals surface area contributed by atoms with E-state index < -0.39 is 5.41 Å². The molecule has 1 spiro atoms. The number of benzene rings is 6. The van der Waals surface area contributed by atoms with E-state index >= 15 is 0 Å². The lowest BCUT2D eigenvalue weighted by Gasteiger charge is -2.32. The van der Waals surface area contributed by atoms with Crippen LogP contribution in [0.4, 0.5) is 0 Å². The van der Waals surface area contributed by atoms with Crippen molar-refractivity contribution in [1.29, 1.82) is 0 Å². The molecule has 0 aliphatic heterocycles. The smallest absolute Gasteiger partial charge is 0.249 e. The van der Waals surface area contributed by atoms with Crippen LogP contribution in [-0.4, -0.2) is 20.4 Å². The predicted octanol–water partition coefficient (Wildman–Crippen LogP) is 12.1. The van der Waals surface area contributed by atoms with Crippen LogP contribution >= 0.6 is 0 Å². The third kappa shape index (κ3) is 4.94. The highest BCUT2D eigenvalue weighted by Crippen LogP contribution is 2.65. The van der Waals surface area contributed by atoms with Gasteiger partial charge >= 0.3 is 0 Å². The number of rotatable bonds is 4. The Balaban J connectivity index is 1.24. The molecular weight excluding hydrogens is 677 g/mol. The van der Waals surface area contributed by atoms with E-state index in [0.717, 1.165) is 33.4 Å². The molecule has 10 rings (SSSR count). The zero-order chi connectivity index (χ0) is 37.7. The summed E-state index contributed by atoms with van der Waals surface area (Å²) < 4.78 is 13.4. The molecule has 0 N–H and O–H groups in total. The van der Waals surface area contributed by atoms with Gasteiger partial charge in [-0.2, -0.15) is 0 Å². The Bertz CT molecular complexity index is 2710. The molecule has 2 aliphatic carbocycles. The minimum Gasteiger partial charge on any atom is -0.416 e. The highest BCUT2D eigenvalue weighted by atomic mass is 16.4. The molecule has 2 aromatic heterocycles. The van der Waals surface area contributed by atoms with Gasteiger partial charge in [0.25, 0.3) is 0 Å². The quantitative estimate of drug-likeness (QED) is 0.180. The van der Waals surface area contributed by atoms with Crippen LogP contribution in [0.5, 0.6) is 0 Å². The van der Waals surface area contributed by atoms with E-state index in [2.05, 4.69) is 190 Å². The summed E-state index contributed by atoms with van der Waals surface area (Å²) in [5.41, 5.74) is 14.5. The fourth-order valence-corrected chi connectivity index (χ4v) is 8.71. The molecule has 0 fully saturated rings. The van der Waals surface area contributed by atoms with Gasteiger partial charge in [-0.1, -0.05) is 145 Å². The third-order valence-corrected chi connectivity index (χ3v) is 11.4. The molecule has 0 radical (unpaired) electrons. The van der Waals surface area contributed by atoms with Gasteiger partial charge in [0.2, 0.25) is 23.6 Å². The number of nitrogens with zero attached hydrogens (tertiary/aromatic N) is 4. The molecule has 6 aromatic carbocycles. The number of hydrogen-bond donors (Lipinski definition) is 0. The van der Waals surface area contributed by atoms with Crippen molar-refractivity contribution in [1.82, 2.24) is 20.4 Å². The maximum Gasteiger partial charge on any atom is 0.249 e. The van der Waals surface area contributed by atoms with E-state index in [4.69, 9.17) is 13.9 Å². The summed E-state index contributed by atoms with van der Waals surface area (Å²) in [7, 11) is 0. The van der Waals surface area contributed by atoms with Gasteiger partial charge in [0.1, 0.15) is 0 Å². The fourth-order valence-electron chi connectivity index (χ4n) is 8.71. The largest absolute Gasteiger partial charge is 0.416 e. The predicted molar refractivity (Wildman–Crippen MR) is 218 cm³/mol. The van der Waals surface area contributed by atoms with Crippen molar-refractivity contribution in [2.24, 2.45) is 0 Å². The first-order valence-corrected chi connectivity index (χ1v) is 18.9. The van der Waals surface area contributed by atoms with Crippen molar-refractivity contribution in [3.05, 3.63) is 167 Å². The van der Waals surface area contributed by atoms with Crippen LogP contribution < -0.4 is 0 Å². The summed E-state index contributed by atoms with van der Waals surface area (Å²) >= 11 is 0. The van der Waals surface area contributed by atoms with Crippen molar-refractivity contribution in [3.8, 4) is 68.1 Å². The lowest BCUT2D eigenvalue weighted by atomic mass is 9.68. The fraction of sp³-hybridized carbons (Fsp3) is 0.184. The van der Waals surface area contributed by atoms with Crippen LogP contribution in [0.15, 0.2) is 142 Å². The molecule has 6 nitrogen and oxygen atoms in total. The lowest BCUT2D eigenvalue weighted by molar-refractivity contribution is 0.574. The van der Waals surface area contributed by atoms with E-state index in [1.165, 1.54) is 44.5 Å². The molecule has 0 saturated heterocycles. The average molecular weight is 717 g/mol. The second-order valence-electron chi connectivity index (χ2n) is 16.8. The van der Waals surface area contributed by atoms with E-state index in [9.17, 15) is 0 Å². The van der Waals surface area contributed by atoms with Gasteiger partial charge < -0.3 is 8.83 Å². The molecular formula is C49H40N4O2. The summed E-state index contributed by atoms with van der Waals surface area (Å²) in [5, 5.41) is 18.8. The first kappa shape index (κ1) is 33.2. The molecule has 268 valence electrons. The highest BCUT2D eigenvalue weighted by molar-refractivity contribution is 6.00. The van der Waals surface area contributed by atoms with E-state index in [-0.39, 0.29) is 10.8 Å². The maximum absolute atomic E-state index is 6.77. The first-order chi connectivity index (χ1) is 26.5. The summed E-state index contributed by atoms with van der Waals surface area (Å²) in [6.07, 6.45) is 0. The van der Waals surface area contributed by atoms with Crippen molar-refractivity contribution in [2.75, 3.05) is 0 Å². The van der Waals surface area contributed by atoms with Crippen LogP contribution in [0.3, 0.4) is 0 Å². The minimum absolute atomic E-state index is 0.0206. The number of fused-ring (bicyclic) bond motifs is 10. The highest BCUT2D eigenvalue weighted by Gasteiger charge is 2.53. The summed E-state index contributed by atoms with van der Waals surface area (Å²) in [6.45, 7) is 13.2. The molecule has 6 heteroatoms. The van der Waals surface area contributed by atoms with E-state index in [1.54, 1.807) is 0 Å². The second-order valence-corrected chi connectivity index (χ2v) is 16.8. The standard InChI is InChI=1S/C49H40N4O2/c1-47(2,3)31-23-19-29(20-24-31)43-50-52-45(54-43)37-28-27-36-35-15-9-12-18-40(35)49(38-16-10-7-13-33(38)34-14-8-11-17-39(34)49)42(36)41(37)46-53-51-44(55-46)30-21-25-32(26-22-30)48(4,5)6/h7-28H,1-6H3. The van der Waals surface area contributed by atoms with Crippen LogP contribution in [0, 0.1) is 0 Å². The van der Waals surface area contributed by atoms with Crippen LogP contribution in [0.1, 0.15) is 74.9 Å².